The van der Waals surface area contributed by atoms with Crippen molar-refractivity contribution in [3.8, 4) is 11.3 Å². The maximum absolute atomic E-state index is 13.2. The summed E-state index contributed by atoms with van der Waals surface area (Å²) in [6.45, 7) is 4.57. The molecule has 0 unspecified atom stereocenters. The number of esters is 1. The maximum Gasteiger partial charge on any atom is 0.361 e. The molecule has 2 aromatic carbocycles. The van der Waals surface area contributed by atoms with Gasteiger partial charge in [0.05, 0.1) is 6.04 Å². The molecule has 0 aliphatic carbocycles. The number of carbonyl (C=O) groups excluding carboxylic acids is 1. The van der Waals surface area contributed by atoms with Gasteiger partial charge in [-0.25, -0.2) is 9.78 Å². The van der Waals surface area contributed by atoms with Crippen LogP contribution in [0.25, 0.3) is 22.2 Å². The number of oxazole rings is 1. The van der Waals surface area contributed by atoms with Crippen LogP contribution in [-0.2, 0) is 11.3 Å². The summed E-state index contributed by atoms with van der Waals surface area (Å²) in [5, 5.41) is 0.973. The van der Waals surface area contributed by atoms with Crippen molar-refractivity contribution in [2.45, 2.75) is 39.3 Å². The van der Waals surface area contributed by atoms with Gasteiger partial charge in [-0.1, -0.05) is 68.8 Å². The van der Waals surface area contributed by atoms with Crippen molar-refractivity contribution in [3.05, 3.63) is 77.9 Å². The van der Waals surface area contributed by atoms with Gasteiger partial charge < -0.3 is 14.1 Å². The molecule has 0 spiro atoms. The number of ether oxygens (including phenoxy) is 1. The number of H-pyrrole nitrogens is 1. The standard InChI is InChI=1S/C27H31N3O3/c1-5-18(2)15-23(30(3)4)26-29-24(27(31)32-17-19-11-7-6-8-12-19)25(33-26)21-16-28-22-14-10-9-13-20(21)22/h6-14,16,18,23,28H,5,15,17H2,1-4H3/t18-,23-/m0/s1. The largest absolute Gasteiger partial charge is 0.456 e. The van der Waals surface area contributed by atoms with Crippen LogP contribution in [0.5, 0.6) is 0 Å². The van der Waals surface area contributed by atoms with Crippen LogP contribution in [0.15, 0.2) is 65.2 Å². The lowest BCUT2D eigenvalue weighted by atomic mass is 9.98. The summed E-state index contributed by atoms with van der Waals surface area (Å²) in [7, 11) is 4.02. The average Bonchev–Trinajstić information content (AvgIpc) is 3.45. The number of hydrogen-bond acceptors (Lipinski definition) is 5. The number of aromatic amines is 1. The smallest absolute Gasteiger partial charge is 0.361 e. The fraction of sp³-hybridized carbons (Fsp3) is 0.333. The Balaban J connectivity index is 1.73. The minimum Gasteiger partial charge on any atom is -0.456 e. The Labute approximate surface area is 194 Å². The fourth-order valence-electron chi connectivity index (χ4n) is 3.93. The fourth-order valence-corrected chi connectivity index (χ4v) is 3.93. The topological polar surface area (TPSA) is 71.4 Å². The SMILES string of the molecule is CC[C@H](C)C[C@@H](c1nc(C(=O)OCc2ccccc2)c(-c2c[nH]c3ccccc23)o1)N(C)C. The van der Waals surface area contributed by atoms with E-state index in [9.17, 15) is 4.79 Å². The summed E-state index contributed by atoms with van der Waals surface area (Å²) < 4.78 is 12.0. The number of aromatic nitrogens is 2. The Morgan fingerprint density at radius 3 is 2.58 bits per heavy atom. The minimum atomic E-state index is -0.491. The van der Waals surface area contributed by atoms with Crippen molar-refractivity contribution in [3.63, 3.8) is 0 Å². The predicted octanol–water partition coefficient (Wildman–Crippen LogP) is 6.22. The highest BCUT2D eigenvalue weighted by atomic mass is 16.5. The van der Waals surface area contributed by atoms with E-state index in [4.69, 9.17) is 14.1 Å². The van der Waals surface area contributed by atoms with E-state index in [1.54, 1.807) is 0 Å². The van der Waals surface area contributed by atoms with E-state index in [0.717, 1.165) is 34.9 Å². The van der Waals surface area contributed by atoms with Crippen LogP contribution in [0.4, 0.5) is 0 Å². The van der Waals surface area contributed by atoms with E-state index >= 15 is 0 Å². The lowest BCUT2D eigenvalue weighted by Crippen LogP contribution is -2.22. The number of nitrogens with one attached hydrogen (secondary N) is 1. The van der Waals surface area contributed by atoms with Crippen LogP contribution in [-0.4, -0.2) is 34.9 Å². The van der Waals surface area contributed by atoms with Crippen molar-refractivity contribution >= 4 is 16.9 Å². The van der Waals surface area contributed by atoms with E-state index < -0.39 is 5.97 Å². The van der Waals surface area contributed by atoms with Gasteiger partial charge in [0.2, 0.25) is 5.89 Å². The van der Waals surface area contributed by atoms with Crippen molar-refractivity contribution < 1.29 is 13.9 Å². The average molecular weight is 446 g/mol. The molecular formula is C27H31N3O3. The Morgan fingerprint density at radius 2 is 1.85 bits per heavy atom. The molecule has 0 saturated carbocycles. The number of nitrogens with zero attached hydrogens (tertiary/aromatic N) is 2. The molecule has 33 heavy (non-hydrogen) atoms. The lowest BCUT2D eigenvalue weighted by Gasteiger charge is -2.23. The second-order valence-corrected chi connectivity index (χ2v) is 8.77. The van der Waals surface area contributed by atoms with Gasteiger partial charge >= 0.3 is 5.97 Å². The molecule has 2 atom stereocenters. The van der Waals surface area contributed by atoms with Gasteiger partial charge in [0.15, 0.2) is 11.5 Å². The quantitative estimate of drug-likeness (QED) is 0.310. The first kappa shape index (κ1) is 22.8. The van der Waals surface area contributed by atoms with Gasteiger partial charge in [0, 0.05) is 22.7 Å². The summed E-state index contributed by atoms with van der Waals surface area (Å²) in [4.78, 5) is 23.2. The van der Waals surface area contributed by atoms with Gasteiger partial charge in [-0.2, -0.15) is 0 Å². The van der Waals surface area contributed by atoms with Gasteiger partial charge in [0.25, 0.3) is 0 Å². The summed E-state index contributed by atoms with van der Waals surface area (Å²) in [6, 6.07) is 17.5. The second-order valence-electron chi connectivity index (χ2n) is 8.77. The monoisotopic (exact) mass is 445 g/mol. The van der Waals surface area contributed by atoms with Crippen LogP contribution < -0.4 is 0 Å². The number of benzene rings is 2. The highest BCUT2D eigenvalue weighted by molar-refractivity contribution is 6.01. The first-order valence-electron chi connectivity index (χ1n) is 11.4. The second kappa shape index (κ2) is 10.0. The maximum atomic E-state index is 13.2. The van der Waals surface area contributed by atoms with Crippen LogP contribution in [0.3, 0.4) is 0 Å². The molecule has 6 nitrogen and oxygen atoms in total. The normalized spacial score (nSPS) is 13.4. The van der Waals surface area contributed by atoms with Crippen LogP contribution in [0, 0.1) is 5.92 Å². The zero-order valence-electron chi connectivity index (χ0n) is 19.7. The molecule has 0 saturated heterocycles. The van der Waals surface area contributed by atoms with Crippen molar-refractivity contribution in [2.24, 2.45) is 5.92 Å². The summed E-state index contributed by atoms with van der Waals surface area (Å²) in [5.41, 5.74) is 2.91. The summed E-state index contributed by atoms with van der Waals surface area (Å²) in [5.74, 6) is 0.980. The molecule has 0 aliphatic heterocycles. The van der Waals surface area contributed by atoms with Gasteiger partial charge in [-0.05, 0) is 38.1 Å². The third kappa shape index (κ3) is 5.01. The van der Waals surface area contributed by atoms with Crippen LogP contribution in [0.1, 0.15) is 54.7 Å². The van der Waals surface area contributed by atoms with E-state index in [1.807, 2.05) is 74.9 Å². The molecule has 4 rings (SSSR count). The third-order valence-electron chi connectivity index (χ3n) is 6.11. The first-order chi connectivity index (χ1) is 16.0. The van der Waals surface area contributed by atoms with E-state index in [2.05, 4.69) is 23.7 Å². The minimum absolute atomic E-state index is 0.0421. The van der Waals surface area contributed by atoms with E-state index in [-0.39, 0.29) is 18.3 Å². The third-order valence-corrected chi connectivity index (χ3v) is 6.11. The zero-order valence-corrected chi connectivity index (χ0v) is 19.7. The van der Waals surface area contributed by atoms with Crippen molar-refractivity contribution in [2.75, 3.05) is 14.1 Å². The molecule has 0 bridgehead atoms. The molecule has 2 heterocycles. The number of fused-ring (bicyclic) bond motifs is 1. The van der Waals surface area contributed by atoms with Gasteiger partial charge in [-0.3, -0.25) is 4.90 Å². The molecule has 6 heteroatoms. The molecule has 0 radical (unpaired) electrons. The molecule has 172 valence electrons. The number of hydrogen-bond donors (Lipinski definition) is 1. The molecule has 1 N–H and O–H groups in total. The highest BCUT2D eigenvalue weighted by Gasteiger charge is 2.29. The van der Waals surface area contributed by atoms with Crippen LogP contribution in [0.2, 0.25) is 0 Å². The summed E-state index contributed by atoms with van der Waals surface area (Å²) in [6.07, 6.45) is 3.81. The van der Waals surface area contributed by atoms with E-state index in [1.165, 1.54) is 0 Å². The Kier molecular flexibility index (Phi) is 6.94. The lowest BCUT2D eigenvalue weighted by molar-refractivity contribution is 0.0466. The Hall–Kier alpha value is -3.38. The first-order valence-corrected chi connectivity index (χ1v) is 11.4. The number of rotatable bonds is 9. The zero-order chi connectivity index (χ0) is 23.4. The molecule has 2 aromatic heterocycles. The predicted molar refractivity (Wildman–Crippen MR) is 130 cm³/mol. The molecule has 0 amide bonds. The number of para-hydroxylation sites is 1. The Morgan fingerprint density at radius 1 is 1.12 bits per heavy atom. The highest BCUT2D eigenvalue weighted by Crippen LogP contribution is 2.36. The summed E-state index contributed by atoms with van der Waals surface area (Å²) >= 11 is 0. The van der Waals surface area contributed by atoms with Gasteiger partial charge in [-0.15, -0.1) is 0 Å². The molecule has 4 aromatic rings. The van der Waals surface area contributed by atoms with Crippen LogP contribution >= 0.6 is 0 Å². The molecular weight excluding hydrogens is 414 g/mol. The van der Waals surface area contributed by atoms with E-state index in [0.29, 0.717) is 17.6 Å². The molecule has 0 aliphatic rings. The van der Waals surface area contributed by atoms with Crippen molar-refractivity contribution in [1.82, 2.24) is 14.9 Å². The molecule has 0 fully saturated rings. The Bertz CT molecular complexity index is 1210. The van der Waals surface area contributed by atoms with Gasteiger partial charge in [0.1, 0.15) is 6.61 Å². The van der Waals surface area contributed by atoms with Crippen molar-refractivity contribution in [1.29, 1.82) is 0 Å². The number of carbonyl (C=O) groups is 1.